The lowest BCUT2D eigenvalue weighted by Gasteiger charge is -2.08. The number of rotatable bonds is 4. The van der Waals surface area contributed by atoms with Crippen LogP contribution in [0.3, 0.4) is 0 Å². The second kappa shape index (κ2) is 7.61. The molecule has 0 aliphatic carbocycles. The number of carbonyl (C=O) groups is 1. The molecular weight excluding hydrogens is 356 g/mol. The lowest BCUT2D eigenvalue weighted by Crippen LogP contribution is -2.13. The standard InChI is InChI=1S/C18H15BrN2O2/c1-12-7-8-16(15(19)9-12)21-18(22)14(11-20)10-13-5-3-4-6-17(13)23-2/h3-10H,1-2H3,(H,21,22)/b14-10+. The first-order valence-electron chi connectivity index (χ1n) is 6.87. The van der Waals surface area contributed by atoms with E-state index in [0.717, 1.165) is 10.0 Å². The molecule has 0 bridgehead atoms. The number of aryl methyl sites for hydroxylation is 1. The van der Waals surface area contributed by atoms with Crippen LogP contribution in [0.2, 0.25) is 0 Å². The number of carbonyl (C=O) groups excluding carboxylic acids is 1. The summed E-state index contributed by atoms with van der Waals surface area (Å²) in [6.45, 7) is 1.96. The van der Waals surface area contributed by atoms with Crippen LogP contribution in [-0.4, -0.2) is 13.0 Å². The van der Waals surface area contributed by atoms with Crippen LogP contribution in [0.5, 0.6) is 5.75 Å². The van der Waals surface area contributed by atoms with Crippen LogP contribution in [0.15, 0.2) is 52.5 Å². The first-order valence-corrected chi connectivity index (χ1v) is 7.66. The van der Waals surface area contributed by atoms with Gasteiger partial charge in [-0.15, -0.1) is 0 Å². The summed E-state index contributed by atoms with van der Waals surface area (Å²) < 4.78 is 5.99. The van der Waals surface area contributed by atoms with Gasteiger partial charge in [0.15, 0.2) is 0 Å². The summed E-state index contributed by atoms with van der Waals surface area (Å²) in [6.07, 6.45) is 1.51. The van der Waals surface area contributed by atoms with Crippen LogP contribution >= 0.6 is 15.9 Å². The first-order chi connectivity index (χ1) is 11.0. The number of hydrogen-bond acceptors (Lipinski definition) is 3. The molecule has 2 aromatic rings. The molecule has 2 aromatic carbocycles. The number of nitriles is 1. The van der Waals surface area contributed by atoms with E-state index in [2.05, 4.69) is 21.2 Å². The van der Waals surface area contributed by atoms with Crippen molar-refractivity contribution in [1.82, 2.24) is 0 Å². The zero-order chi connectivity index (χ0) is 16.8. The SMILES string of the molecule is COc1ccccc1/C=C(\C#N)C(=O)Nc1ccc(C)cc1Br. The van der Waals surface area contributed by atoms with E-state index in [0.29, 0.717) is 17.0 Å². The number of nitrogens with zero attached hydrogens (tertiary/aromatic N) is 1. The number of nitrogens with one attached hydrogen (secondary N) is 1. The van der Waals surface area contributed by atoms with Crippen molar-refractivity contribution in [2.75, 3.05) is 12.4 Å². The van der Waals surface area contributed by atoms with Gasteiger partial charge in [-0.25, -0.2) is 0 Å². The van der Waals surface area contributed by atoms with Crippen molar-refractivity contribution >= 4 is 33.6 Å². The third-order valence-electron chi connectivity index (χ3n) is 3.18. The minimum Gasteiger partial charge on any atom is -0.496 e. The number of hydrogen-bond donors (Lipinski definition) is 1. The topological polar surface area (TPSA) is 62.1 Å². The molecule has 0 saturated heterocycles. The molecule has 0 saturated carbocycles. The van der Waals surface area contributed by atoms with E-state index < -0.39 is 5.91 Å². The highest BCUT2D eigenvalue weighted by Crippen LogP contribution is 2.25. The summed E-state index contributed by atoms with van der Waals surface area (Å²) in [7, 11) is 1.54. The summed E-state index contributed by atoms with van der Waals surface area (Å²) in [5.41, 5.74) is 2.35. The highest BCUT2D eigenvalue weighted by molar-refractivity contribution is 9.10. The lowest BCUT2D eigenvalue weighted by molar-refractivity contribution is -0.112. The molecule has 0 spiro atoms. The number of para-hydroxylation sites is 1. The highest BCUT2D eigenvalue weighted by atomic mass is 79.9. The third kappa shape index (κ3) is 4.21. The maximum atomic E-state index is 12.3. The van der Waals surface area contributed by atoms with Crippen LogP contribution in [0.25, 0.3) is 6.08 Å². The summed E-state index contributed by atoms with van der Waals surface area (Å²) in [6, 6.07) is 14.7. The van der Waals surface area contributed by atoms with E-state index in [1.807, 2.05) is 37.3 Å². The van der Waals surface area contributed by atoms with Gasteiger partial charge >= 0.3 is 0 Å². The molecule has 116 valence electrons. The van der Waals surface area contributed by atoms with E-state index in [1.54, 1.807) is 25.3 Å². The Kier molecular flexibility index (Phi) is 5.56. The molecule has 0 radical (unpaired) electrons. The molecule has 0 aliphatic heterocycles. The first kappa shape index (κ1) is 16.8. The van der Waals surface area contributed by atoms with Crippen LogP contribution in [0.4, 0.5) is 5.69 Å². The normalized spacial score (nSPS) is 10.8. The highest BCUT2D eigenvalue weighted by Gasteiger charge is 2.12. The Balaban J connectivity index is 2.28. The number of halogens is 1. The van der Waals surface area contributed by atoms with Gasteiger partial charge in [-0.1, -0.05) is 24.3 Å². The molecule has 0 heterocycles. The zero-order valence-corrected chi connectivity index (χ0v) is 14.3. The van der Waals surface area contributed by atoms with Gasteiger partial charge in [-0.05, 0) is 52.7 Å². The summed E-state index contributed by atoms with van der Waals surface area (Å²) in [5.74, 6) is 0.132. The summed E-state index contributed by atoms with van der Waals surface area (Å²) >= 11 is 3.40. The number of amides is 1. The average Bonchev–Trinajstić information content (AvgIpc) is 2.55. The maximum Gasteiger partial charge on any atom is 0.266 e. The van der Waals surface area contributed by atoms with Crippen LogP contribution < -0.4 is 10.1 Å². The van der Waals surface area contributed by atoms with Crippen molar-refractivity contribution in [3.05, 3.63) is 63.6 Å². The van der Waals surface area contributed by atoms with Gasteiger partial charge in [-0.2, -0.15) is 5.26 Å². The molecule has 5 heteroatoms. The van der Waals surface area contributed by atoms with Gasteiger partial charge < -0.3 is 10.1 Å². The predicted molar refractivity (Wildman–Crippen MR) is 94.1 cm³/mol. The Morgan fingerprint density at radius 2 is 2.04 bits per heavy atom. The van der Waals surface area contributed by atoms with Crippen molar-refractivity contribution in [3.63, 3.8) is 0 Å². The molecule has 0 aliphatic rings. The molecule has 1 amide bonds. The molecule has 0 aromatic heterocycles. The van der Waals surface area contributed by atoms with Gasteiger partial charge in [0, 0.05) is 10.0 Å². The van der Waals surface area contributed by atoms with Crippen molar-refractivity contribution in [1.29, 1.82) is 5.26 Å². The molecule has 1 N–H and O–H groups in total. The van der Waals surface area contributed by atoms with Gasteiger partial charge in [0.25, 0.3) is 5.91 Å². The smallest absolute Gasteiger partial charge is 0.266 e. The molecule has 4 nitrogen and oxygen atoms in total. The molecular formula is C18H15BrN2O2. The minimum absolute atomic E-state index is 0.00183. The van der Waals surface area contributed by atoms with Gasteiger partial charge in [0.1, 0.15) is 17.4 Å². The molecule has 23 heavy (non-hydrogen) atoms. The fraction of sp³-hybridized carbons (Fsp3) is 0.111. The predicted octanol–water partition coefficient (Wildman–Crippen LogP) is 4.31. The Hall–Kier alpha value is -2.58. The monoisotopic (exact) mass is 370 g/mol. The molecule has 2 rings (SSSR count). The van der Waals surface area contributed by atoms with Crippen molar-refractivity contribution in [2.45, 2.75) is 6.92 Å². The molecule has 0 fully saturated rings. The number of anilines is 1. The lowest BCUT2D eigenvalue weighted by atomic mass is 10.1. The molecule has 0 unspecified atom stereocenters. The Morgan fingerprint density at radius 1 is 1.30 bits per heavy atom. The zero-order valence-electron chi connectivity index (χ0n) is 12.8. The van der Waals surface area contributed by atoms with E-state index in [9.17, 15) is 10.1 Å². The quantitative estimate of drug-likeness (QED) is 0.644. The van der Waals surface area contributed by atoms with E-state index in [1.165, 1.54) is 6.08 Å². The summed E-state index contributed by atoms with van der Waals surface area (Å²) in [4.78, 5) is 12.3. The Morgan fingerprint density at radius 3 is 2.70 bits per heavy atom. The number of ether oxygens (including phenoxy) is 1. The largest absolute Gasteiger partial charge is 0.496 e. The minimum atomic E-state index is -0.469. The molecule has 0 atom stereocenters. The second-order valence-electron chi connectivity index (χ2n) is 4.85. The van der Waals surface area contributed by atoms with Gasteiger partial charge in [-0.3, -0.25) is 4.79 Å². The van der Waals surface area contributed by atoms with Crippen molar-refractivity contribution in [2.24, 2.45) is 0 Å². The maximum absolute atomic E-state index is 12.3. The van der Waals surface area contributed by atoms with Crippen molar-refractivity contribution in [3.8, 4) is 11.8 Å². The fourth-order valence-corrected chi connectivity index (χ4v) is 2.59. The van der Waals surface area contributed by atoms with E-state index in [-0.39, 0.29) is 5.57 Å². The van der Waals surface area contributed by atoms with Crippen LogP contribution in [-0.2, 0) is 4.79 Å². The average molecular weight is 371 g/mol. The fourth-order valence-electron chi connectivity index (χ4n) is 2.00. The number of benzene rings is 2. The van der Waals surface area contributed by atoms with Gasteiger partial charge in [0.05, 0.1) is 12.8 Å². The van der Waals surface area contributed by atoms with E-state index >= 15 is 0 Å². The third-order valence-corrected chi connectivity index (χ3v) is 3.83. The van der Waals surface area contributed by atoms with Crippen LogP contribution in [0.1, 0.15) is 11.1 Å². The van der Waals surface area contributed by atoms with Gasteiger partial charge in [0.2, 0.25) is 0 Å². The summed E-state index contributed by atoms with van der Waals surface area (Å²) in [5, 5.41) is 12.0. The van der Waals surface area contributed by atoms with Crippen LogP contribution in [0, 0.1) is 18.3 Å². The van der Waals surface area contributed by atoms with E-state index in [4.69, 9.17) is 4.74 Å². The Bertz CT molecular complexity index is 807. The second-order valence-corrected chi connectivity index (χ2v) is 5.70. The number of methoxy groups -OCH3 is 1. The Labute approximate surface area is 143 Å². The van der Waals surface area contributed by atoms with Crippen molar-refractivity contribution < 1.29 is 9.53 Å².